The number of alkyl halides is 1. The van der Waals surface area contributed by atoms with Crippen LogP contribution in [0.15, 0.2) is 60.7 Å². The highest BCUT2D eigenvalue weighted by Crippen LogP contribution is 2.29. The molecule has 0 saturated heterocycles. The maximum atomic E-state index is 13.3. The van der Waals surface area contributed by atoms with Crippen LogP contribution in [0.3, 0.4) is 0 Å². The number of halogens is 3. The fraction of sp³-hybridized carbons (Fsp3) is 0.111. The fourth-order valence-electron chi connectivity index (χ4n) is 2.54. The van der Waals surface area contributed by atoms with Crippen molar-refractivity contribution in [2.24, 2.45) is 0 Å². The summed E-state index contributed by atoms with van der Waals surface area (Å²) in [5, 5.41) is 1.77. The molecular weight excluding hydrogens is 290 g/mol. The molecule has 0 bridgehead atoms. The average Bonchev–Trinajstić information content (AvgIpc) is 2.46. The molecule has 3 aromatic carbocycles. The minimum Gasteiger partial charge on any atom is -0.207 e. The van der Waals surface area contributed by atoms with Crippen LogP contribution in [-0.2, 0) is 6.42 Å². The third-order valence-corrected chi connectivity index (χ3v) is 3.93. The van der Waals surface area contributed by atoms with Gasteiger partial charge in [-0.05, 0) is 40.5 Å². The summed E-state index contributed by atoms with van der Waals surface area (Å²) < 4.78 is 26.6. The van der Waals surface area contributed by atoms with Crippen molar-refractivity contribution in [3.05, 3.63) is 83.4 Å². The maximum absolute atomic E-state index is 13.3. The molecule has 0 aliphatic rings. The first-order chi connectivity index (χ1) is 10.1. The molecule has 0 heterocycles. The number of hydrogen-bond acceptors (Lipinski definition) is 0. The molecule has 1 atom stereocenters. The summed E-state index contributed by atoms with van der Waals surface area (Å²) in [5.41, 5.74) is 1.53. The van der Waals surface area contributed by atoms with Crippen molar-refractivity contribution in [2.45, 2.75) is 11.8 Å². The zero-order chi connectivity index (χ0) is 14.8. The van der Waals surface area contributed by atoms with E-state index >= 15 is 0 Å². The molecule has 0 aliphatic heterocycles. The highest BCUT2D eigenvalue weighted by Gasteiger charge is 2.13. The van der Waals surface area contributed by atoms with Crippen LogP contribution in [-0.4, -0.2) is 0 Å². The Morgan fingerprint density at radius 3 is 2.29 bits per heavy atom. The molecule has 106 valence electrons. The van der Waals surface area contributed by atoms with Gasteiger partial charge in [0, 0.05) is 6.07 Å². The van der Waals surface area contributed by atoms with Crippen LogP contribution < -0.4 is 0 Å². The molecule has 3 heteroatoms. The molecule has 21 heavy (non-hydrogen) atoms. The van der Waals surface area contributed by atoms with Crippen molar-refractivity contribution < 1.29 is 8.78 Å². The Kier molecular flexibility index (Phi) is 3.89. The Morgan fingerprint density at radius 2 is 1.52 bits per heavy atom. The smallest absolute Gasteiger partial charge is 0.126 e. The van der Waals surface area contributed by atoms with Gasteiger partial charge in [-0.2, -0.15) is 0 Å². The SMILES string of the molecule is Fc1cc(F)cc(C(Cl)Cc2cccc3ccccc23)c1. The summed E-state index contributed by atoms with van der Waals surface area (Å²) in [7, 11) is 0. The van der Waals surface area contributed by atoms with Gasteiger partial charge in [0.25, 0.3) is 0 Å². The molecule has 3 rings (SSSR count). The van der Waals surface area contributed by atoms with Crippen molar-refractivity contribution in [1.29, 1.82) is 0 Å². The van der Waals surface area contributed by atoms with Crippen LogP contribution in [0.1, 0.15) is 16.5 Å². The molecule has 1 unspecified atom stereocenters. The number of fused-ring (bicyclic) bond motifs is 1. The molecule has 0 spiro atoms. The minimum absolute atomic E-state index is 0.460. The van der Waals surface area contributed by atoms with Crippen molar-refractivity contribution in [3.8, 4) is 0 Å². The first-order valence-corrected chi connectivity index (χ1v) is 7.14. The summed E-state index contributed by atoms with van der Waals surface area (Å²) in [5.74, 6) is -1.21. The lowest BCUT2D eigenvalue weighted by molar-refractivity contribution is 0.579. The zero-order valence-corrected chi connectivity index (χ0v) is 11.9. The van der Waals surface area contributed by atoms with Gasteiger partial charge in [-0.1, -0.05) is 42.5 Å². The molecule has 0 fully saturated rings. The first-order valence-electron chi connectivity index (χ1n) is 6.70. The zero-order valence-electron chi connectivity index (χ0n) is 11.2. The van der Waals surface area contributed by atoms with E-state index in [0.717, 1.165) is 22.4 Å². The Hall–Kier alpha value is -1.93. The lowest BCUT2D eigenvalue weighted by atomic mass is 9.98. The first kappa shape index (κ1) is 14.0. The van der Waals surface area contributed by atoms with Gasteiger partial charge in [-0.3, -0.25) is 0 Å². The lowest BCUT2D eigenvalue weighted by Crippen LogP contribution is -1.98. The second-order valence-corrected chi connectivity index (χ2v) is 5.54. The quantitative estimate of drug-likeness (QED) is 0.549. The summed E-state index contributed by atoms with van der Waals surface area (Å²) >= 11 is 6.35. The summed E-state index contributed by atoms with van der Waals surface area (Å²) in [6.45, 7) is 0. The van der Waals surface area contributed by atoms with E-state index in [9.17, 15) is 8.78 Å². The normalized spacial score (nSPS) is 12.5. The molecule has 0 aromatic heterocycles. The van der Waals surface area contributed by atoms with Crippen LogP contribution in [0.25, 0.3) is 10.8 Å². The maximum Gasteiger partial charge on any atom is 0.126 e. The van der Waals surface area contributed by atoms with Gasteiger partial charge in [-0.15, -0.1) is 11.6 Å². The van der Waals surface area contributed by atoms with Crippen molar-refractivity contribution in [1.82, 2.24) is 0 Å². The predicted octanol–water partition coefficient (Wildman–Crippen LogP) is 5.64. The molecule has 3 aromatic rings. The van der Waals surface area contributed by atoms with Crippen LogP contribution >= 0.6 is 11.6 Å². The van der Waals surface area contributed by atoms with E-state index in [1.807, 2.05) is 42.5 Å². The van der Waals surface area contributed by atoms with Gasteiger partial charge in [0.05, 0.1) is 5.38 Å². The fourth-order valence-corrected chi connectivity index (χ4v) is 2.83. The molecule has 0 aliphatic carbocycles. The largest absolute Gasteiger partial charge is 0.207 e. The van der Waals surface area contributed by atoms with E-state index < -0.39 is 17.0 Å². The Bertz CT molecular complexity index is 758. The van der Waals surface area contributed by atoms with Crippen LogP contribution in [0.5, 0.6) is 0 Å². The van der Waals surface area contributed by atoms with Crippen LogP contribution in [0.4, 0.5) is 8.78 Å². The molecule has 0 N–H and O–H groups in total. The van der Waals surface area contributed by atoms with E-state index in [0.29, 0.717) is 12.0 Å². The number of benzene rings is 3. The van der Waals surface area contributed by atoms with Crippen molar-refractivity contribution in [3.63, 3.8) is 0 Å². The summed E-state index contributed by atoms with van der Waals surface area (Å²) in [6, 6.07) is 17.4. The van der Waals surface area contributed by atoms with E-state index in [4.69, 9.17) is 11.6 Å². The Balaban J connectivity index is 1.94. The second-order valence-electron chi connectivity index (χ2n) is 5.01. The lowest BCUT2D eigenvalue weighted by Gasteiger charge is -2.12. The molecule has 0 nitrogen and oxygen atoms in total. The average molecular weight is 303 g/mol. The van der Waals surface area contributed by atoms with E-state index in [1.54, 1.807) is 0 Å². The van der Waals surface area contributed by atoms with Crippen molar-refractivity contribution >= 4 is 22.4 Å². The number of rotatable bonds is 3. The van der Waals surface area contributed by atoms with Gasteiger partial charge in [-0.25, -0.2) is 8.78 Å². The van der Waals surface area contributed by atoms with Gasteiger partial charge >= 0.3 is 0 Å². The van der Waals surface area contributed by atoms with Gasteiger partial charge in [0.15, 0.2) is 0 Å². The molecular formula is C18H13ClF2. The standard InChI is InChI=1S/C18H13ClF2/c19-18(14-8-15(20)11-16(21)9-14)10-13-6-3-5-12-4-1-2-7-17(12)13/h1-9,11,18H,10H2. The van der Waals surface area contributed by atoms with Gasteiger partial charge in [0.2, 0.25) is 0 Å². The van der Waals surface area contributed by atoms with Crippen molar-refractivity contribution in [2.75, 3.05) is 0 Å². The minimum atomic E-state index is -0.603. The van der Waals surface area contributed by atoms with Gasteiger partial charge in [0.1, 0.15) is 11.6 Å². The topological polar surface area (TPSA) is 0 Å². The van der Waals surface area contributed by atoms with Crippen LogP contribution in [0, 0.1) is 11.6 Å². The van der Waals surface area contributed by atoms with E-state index in [1.165, 1.54) is 12.1 Å². The third-order valence-electron chi connectivity index (χ3n) is 3.53. The molecule has 0 radical (unpaired) electrons. The highest BCUT2D eigenvalue weighted by molar-refractivity contribution is 6.21. The highest BCUT2D eigenvalue weighted by atomic mass is 35.5. The predicted molar refractivity (Wildman–Crippen MR) is 82.6 cm³/mol. The second kappa shape index (κ2) is 5.82. The Labute approximate surface area is 127 Å². The monoisotopic (exact) mass is 302 g/mol. The van der Waals surface area contributed by atoms with Crippen LogP contribution in [0.2, 0.25) is 0 Å². The number of hydrogen-bond donors (Lipinski definition) is 0. The summed E-state index contributed by atoms with van der Waals surface area (Å²) in [4.78, 5) is 0. The van der Waals surface area contributed by atoms with E-state index in [2.05, 4.69) is 0 Å². The summed E-state index contributed by atoms with van der Waals surface area (Å²) in [6.07, 6.45) is 0.520. The Morgan fingerprint density at radius 1 is 0.857 bits per heavy atom. The van der Waals surface area contributed by atoms with E-state index in [-0.39, 0.29) is 0 Å². The van der Waals surface area contributed by atoms with Gasteiger partial charge < -0.3 is 0 Å². The molecule has 0 amide bonds. The third kappa shape index (κ3) is 3.06. The molecule has 0 saturated carbocycles.